The summed E-state index contributed by atoms with van der Waals surface area (Å²) in [4.78, 5) is 13.7. The first-order valence-electron chi connectivity index (χ1n) is 8.24. The molecule has 174 valence electrons. The molecule has 3 aromatic heterocycles. The molecule has 0 radical (unpaired) electrons. The number of halogens is 6. The molecule has 32 heavy (non-hydrogen) atoms. The van der Waals surface area contributed by atoms with E-state index < -0.39 is 69.6 Å². The van der Waals surface area contributed by atoms with Crippen LogP contribution in [0, 0.1) is 0 Å². The molecule has 9 nitrogen and oxygen atoms in total. The summed E-state index contributed by atoms with van der Waals surface area (Å²) in [5.41, 5.74) is -8.88. The highest BCUT2D eigenvalue weighted by atomic mass is 32.2. The number of nitrogens with zero attached hydrogens (tertiary/aromatic N) is 4. The number of fused-ring (bicyclic) bond motifs is 1. The van der Waals surface area contributed by atoms with Crippen molar-refractivity contribution in [1.29, 1.82) is 0 Å². The maximum Gasteiger partial charge on any atom is 0.501 e. The molecule has 0 bridgehead atoms. The van der Waals surface area contributed by atoms with Crippen molar-refractivity contribution < 1.29 is 43.2 Å². The number of hydrogen-bond donors (Lipinski definition) is 0. The summed E-state index contributed by atoms with van der Waals surface area (Å²) in [7, 11) is -10.2. The van der Waals surface area contributed by atoms with Crippen molar-refractivity contribution in [2.45, 2.75) is 28.4 Å². The summed E-state index contributed by atoms with van der Waals surface area (Å²) >= 11 is 0. The molecule has 0 spiro atoms. The van der Waals surface area contributed by atoms with E-state index in [0.717, 1.165) is 13.0 Å². The highest BCUT2D eigenvalue weighted by Gasteiger charge is 2.47. The molecular formula is C15H10F6N4O5S2. The van der Waals surface area contributed by atoms with Crippen molar-refractivity contribution in [1.82, 2.24) is 19.2 Å². The summed E-state index contributed by atoms with van der Waals surface area (Å²) in [6.07, 6.45) is -4.41. The van der Waals surface area contributed by atoms with E-state index in [2.05, 4.69) is 10.1 Å². The van der Waals surface area contributed by atoms with Crippen LogP contribution >= 0.6 is 0 Å². The van der Waals surface area contributed by atoms with E-state index in [1.807, 2.05) is 0 Å². The molecule has 3 heterocycles. The minimum absolute atomic E-state index is 0.247. The number of alkyl halides is 6. The Hall–Kier alpha value is -2.95. The van der Waals surface area contributed by atoms with Gasteiger partial charge in [0.1, 0.15) is 4.90 Å². The lowest BCUT2D eigenvalue weighted by Crippen LogP contribution is -2.26. The van der Waals surface area contributed by atoms with Gasteiger partial charge in [-0.3, -0.25) is 0 Å². The number of hydrogen-bond acceptors (Lipinski definition) is 7. The molecular weight excluding hydrogens is 494 g/mol. The Bertz CT molecular complexity index is 1490. The zero-order chi connectivity index (χ0) is 24.3. The monoisotopic (exact) mass is 504 g/mol. The van der Waals surface area contributed by atoms with E-state index in [4.69, 9.17) is 0 Å². The number of sulfone groups is 2. The number of pyridine rings is 2. The van der Waals surface area contributed by atoms with E-state index in [9.17, 15) is 48.0 Å². The van der Waals surface area contributed by atoms with Crippen LogP contribution in [-0.4, -0.2) is 47.3 Å². The maximum absolute atomic E-state index is 13.0. The molecule has 0 aliphatic rings. The van der Waals surface area contributed by atoms with Crippen LogP contribution in [0.3, 0.4) is 0 Å². The minimum atomic E-state index is -5.83. The summed E-state index contributed by atoms with van der Waals surface area (Å²) in [5, 5.41) is 3.65. The van der Waals surface area contributed by atoms with Crippen LogP contribution < -0.4 is 5.69 Å². The van der Waals surface area contributed by atoms with Crippen LogP contribution in [0.4, 0.5) is 26.3 Å². The molecule has 0 atom stereocenters. The standard InChI is InChI=1S/C15H10F6N4O5S2/c1-2-31(27,28)10-5-8(14(16,17)18)6-22-12(10)25-13(26)24-7-9(3-4-11(24)23-25)32(29,30)15(19,20)21/h3-7H,2H2,1H3. The Labute approximate surface area is 174 Å². The van der Waals surface area contributed by atoms with Crippen LogP contribution in [0.15, 0.2) is 45.2 Å². The van der Waals surface area contributed by atoms with E-state index in [0.29, 0.717) is 16.7 Å². The van der Waals surface area contributed by atoms with Crippen molar-refractivity contribution in [3.8, 4) is 5.82 Å². The molecule has 17 heteroatoms. The molecule has 3 rings (SSSR count). The van der Waals surface area contributed by atoms with Gasteiger partial charge in [-0.25, -0.2) is 31.0 Å². The van der Waals surface area contributed by atoms with Crippen LogP contribution in [0.2, 0.25) is 0 Å². The molecule has 0 fully saturated rings. The SMILES string of the molecule is CCS(=O)(=O)c1cc(C(F)(F)F)cnc1-n1nc2ccc(S(=O)(=O)C(F)(F)F)cn2c1=O. The Kier molecular flexibility index (Phi) is 5.40. The van der Waals surface area contributed by atoms with Crippen molar-refractivity contribution in [2.24, 2.45) is 0 Å². The van der Waals surface area contributed by atoms with Crippen LogP contribution in [-0.2, 0) is 25.9 Å². The minimum Gasteiger partial charge on any atom is -0.249 e. The van der Waals surface area contributed by atoms with Crippen LogP contribution in [0.25, 0.3) is 11.5 Å². The van der Waals surface area contributed by atoms with Gasteiger partial charge >= 0.3 is 17.4 Å². The van der Waals surface area contributed by atoms with Crippen molar-refractivity contribution in [2.75, 3.05) is 5.75 Å². The third-order valence-corrected chi connectivity index (χ3v) is 7.38. The Morgan fingerprint density at radius 2 is 1.66 bits per heavy atom. The van der Waals surface area contributed by atoms with Crippen molar-refractivity contribution >= 4 is 25.3 Å². The lowest BCUT2D eigenvalue weighted by Gasteiger charge is -2.11. The van der Waals surface area contributed by atoms with Crippen LogP contribution in [0.1, 0.15) is 12.5 Å². The fourth-order valence-corrected chi connectivity index (χ4v) is 4.32. The lowest BCUT2D eigenvalue weighted by molar-refractivity contribution is -0.138. The first kappa shape index (κ1) is 23.7. The average molecular weight is 504 g/mol. The van der Waals surface area contributed by atoms with Gasteiger partial charge < -0.3 is 0 Å². The molecule has 3 aromatic rings. The fourth-order valence-electron chi connectivity index (χ4n) is 2.52. The van der Waals surface area contributed by atoms with Gasteiger partial charge in [0, 0.05) is 12.4 Å². The van der Waals surface area contributed by atoms with E-state index in [-0.39, 0.29) is 16.9 Å². The lowest BCUT2D eigenvalue weighted by atomic mass is 10.3. The Morgan fingerprint density at radius 1 is 1.03 bits per heavy atom. The summed E-state index contributed by atoms with van der Waals surface area (Å²) in [6.45, 7) is 1.13. The molecule has 0 N–H and O–H groups in total. The smallest absolute Gasteiger partial charge is 0.249 e. The second-order valence-corrected chi connectivity index (χ2v) is 10.4. The maximum atomic E-state index is 13.0. The zero-order valence-electron chi connectivity index (χ0n) is 15.5. The molecule has 0 amide bonds. The topological polar surface area (TPSA) is 120 Å². The third kappa shape index (κ3) is 3.85. The normalized spacial score (nSPS) is 13.6. The molecule has 0 aromatic carbocycles. The van der Waals surface area contributed by atoms with Gasteiger partial charge in [0.05, 0.1) is 16.2 Å². The van der Waals surface area contributed by atoms with Gasteiger partial charge in [0.2, 0.25) is 0 Å². The first-order chi connectivity index (χ1) is 14.5. The predicted molar refractivity (Wildman–Crippen MR) is 94.6 cm³/mol. The summed E-state index contributed by atoms with van der Waals surface area (Å²) in [6, 6.07) is 1.49. The van der Waals surface area contributed by atoms with Crippen molar-refractivity contribution in [3.05, 3.63) is 46.6 Å². The second kappa shape index (κ2) is 7.29. The predicted octanol–water partition coefficient (Wildman–Crippen LogP) is 1.99. The number of rotatable bonds is 4. The molecule has 0 aliphatic heterocycles. The average Bonchev–Trinajstić information content (AvgIpc) is 3.02. The van der Waals surface area contributed by atoms with Gasteiger partial charge in [-0.05, 0) is 18.2 Å². The zero-order valence-corrected chi connectivity index (χ0v) is 17.1. The molecule has 0 saturated heterocycles. The highest BCUT2D eigenvalue weighted by Crippen LogP contribution is 2.32. The van der Waals surface area contributed by atoms with Gasteiger partial charge in [-0.15, -0.1) is 5.10 Å². The molecule has 0 aliphatic carbocycles. The summed E-state index contributed by atoms with van der Waals surface area (Å²) in [5.74, 6) is -1.51. The number of aromatic nitrogens is 4. The van der Waals surface area contributed by atoms with Gasteiger partial charge in [-0.2, -0.15) is 31.0 Å². The quantitative estimate of drug-likeness (QED) is 0.499. The third-order valence-electron chi connectivity index (χ3n) is 4.18. The second-order valence-electron chi connectivity index (χ2n) is 6.18. The Morgan fingerprint density at radius 3 is 2.19 bits per heavy atom. The van der Waals surface area contributed by atoms with Gasteiger partial charge in [-0.1, -0.05) is 6.92 Å². The largest absolute Gasteiger partial charge is 0.501 e. The van der Waals surface area contributed by atoms with E-state index >= 15 is 0 Å². The first-order valence-corrected chi connectivity index (χ1v) is 11.4. The fraction of sp³-hybridized carbons (Fsp3) is 0.267. The van der Waals surface area contributed by atoms with E-state index in [1.165, 1.54) is 0 Å². The molecule has 0 unspecified atom stereocenters. The van der Waals surface area contributed by atoms with Gasteiger partial charge in [0.25, 0.3) is 9.84 Å². The van der Waals surface area contributed by atoms with E-state index in [1.54, 1.807) is 0 Å². The van der Waals surface area contributed by atoms with Gasteiger partial charge in [0.15, 0.2) is 21.3 Å². The molecule has 0 saturated carbocycles. The van der Waals surface area contributed by atoms with Crippen molar-refractivity contribution in [3.63, 3.8) is 0 Å². The highest BCUT2D eigenvalue weighted by molar-refractivity contribution is 7.92. The Balaban J connectivity index is 2.32. The van der Waals surface area contributed by atoms with Crippen LogP contribution in [0.5, 0.6) is 0 Å². The summed E-state index contributed by atoms with van der Waals surface area (Å²) < 4.78 is 126.